The number of hydrogen-bond acceptors (Lipinski definition) is 4. The van der Waals surface area contributed by atoms with E-state index in [4.69, 9.17) is 16.8 Å². The number of amides is 1. The summed E-state index contributed by atoms with van der Waals surface area (Å²) in [7, 11) is 0. The maximum Gasteiger partial charge on any atom is 0.244 e. The second-order valence-electron chi connectivity index (χ2n) is 5.73. The van der Waals surface area contributed by atoms with Gasteiger partial charge in [0.05, 0.1) is 0 Å². The molecule has 3 rings (SSSR count). The number of Topliss-reactive ketones (excluding diaryl/α,β-unsaturated/α-hetero) is 1. The summed E-state index contributed by atoms with van der Waals surface area (Å²) in [5.74, 6) is -1.00. The van der Waals surface area contributed by atoms with Gasteiger partial charge in [-0.15, -0.1) is 11.8 Å². The lowest BCUT2D eigenvalue weighted by atomic mass is 9.78. The van der Waals surface area contributed by atoms with Crippen molar-refractivity contribution in [3.05, 3.63) is 82.2 Å². The fourth-order valence-corrected chi connectivity index (χ4v) is 4.50. The van der Waals surface area contributed by atoms with Crippen molar-refractivity contribution >= 4 is 35.1 Å². The molecule has 0 saturated carbocycles. The molecule has 0 saturated heterocycles. The van der Waals surface area contributed by atoms with Gasteiger partial charge in [0.25, 0.3) is 0 Å². The van der Waals surface area contributed by atoms with Gasteiger partial charge in [-0.1, -0.05) is 48.0 Å². The number of allylic oxidation sites excluding steroid dienone is 1. The lowest BCUT2D eigenvalue weighted by Gasteiger charge is -2.33. The highest BCUT2D eigenvalue weighted by Gasteiger charge is 2.49. The van der Waals surface area contributed by atoms with Crippen molar-refractivity contribution < 1.29 is 14.8 Å². The first kappa shape index (κ1) is 17.7. The summed E-state index contributed by atoms with van der Waals surface area (Å²) < 4.78 is -0.957. The third-order valence-electron chi connectivity index (χ3n) is 4.26. The van der Waals surface area contributed by atoms with Gasteiger partial charge in [0.1, 0.15) is 4.75 Å². The van der Waals surface area contributed by atoms with E-state index in [1.54, 1.807) is 29.7 Å². The Hall–Kier alpha value is -2.08. The van der Waals surface area contributed by atoms with E-state index in [1.807, 2.05) is 41.8 Å². The standard InChI is InChI=1S/C19H16ClNO3S/c20-16-8-6-13(7-9-16)18(23)19(14-4-2-1-3-5-14)15(10-11-25-19)12-17(22)21-24/h1-11,15,24H,12H2,(H,21,22). The van der Waals surface area contributed by atoms with E-state index in [9.17, 15) is 9.59 Å². The SMILES string of the molecule is O=C(CC1C=CSC1(C(=O)c1ccc(Cl)cc1)c1ccccc1)NO. The summed E-state index contributed by atoms with van der Waals surface area (Å²) in [5, 5.41) is 11.3. The number of nitrogens with one attached hydrogen (secondary N) is 1. The first-order chi connectivity index (χ1) is 12.1. The van der Waals surface area contributed by atoms with E-state index in [2.05, 4.69) is 0 Å². The van der Waals surface area contributed by atoms with Gasteiger partial charge in [-0.2, -0.15) is 0 Å². The Morgan fingerprint density at radius 1 is 1.12 bits per heavy atom. The van der Waals surface area contributed by atoms with Crippen molar-refractivity contribution in [1.82, 2.24) is 5.48 Å². The normalized spacial score (nSPS) is 21.9. The fraction of sp³-hybridized carbons (Fsp3) is 0.158. The molecule has 128 valence electrons. The Morgan fingerprint density at radius 3 is 2.44 bits per heavy atom. The van der Waals surface area contributed by atoms with Crippen LogP contribution in [0, 0.1) is 5.92 Å². The summed E-state index contributed by atoms with van der Waals surface area (Å²) in [6.45, 7) is 0. The largest absolute Gasteiger partial charge is 0.292 e. The topological polar surface area (TPSA) is 66.4 Å². The molecule has 0 radical (unpaired) electrons. The number of benzene rings is 2. The lowest BCUT2D eigenvalue weighted by Crippen LogP contribution is -2.39. The highest BCUT2D eigenvalue weighted by atomic mass is 35.5. The molecule has 25 heavy (non-hydrogen) atoms. The minimum Gasteiger partial charge on any atom is -0.292 e. The van der Waals surface area contributed by atoms with Crippen LogP contribution in [0.15, 0.2) is 66.1 Å². The highest BCUT2D eigenvalue weighted by Crippen LogP contribution is 2.52. The summed E-state index contributed by atoms with van der Waals surface area (Å²) in [6.07, 6.45) is 1.86. The van der Waals surface area contributed by atoms with Crippen molar-refractivity contribution in [3.8, 4) is 0 Å². The summed E-state index contributed by atoms with van der Waals surface area (Å²) in [5.41, 5.74) is 3.00. The van der Waals surface area contributed by atoms with E-state index in [1.165, 1.54) is 11.8 Å². The Kier molecular flexibility index (Phi) is 5.27. The minimum atomic E-state index is -0.957. The van der Waals surface area contributed by atoms with Gasteiger partial charge in [0.2, 0.25) is 5.91 Å². The Labute approximate surface area is 154 Å². The summed E-state index contributed by atoms with van der Waals surface area (Å²) >= 11 is 7.32. The van der Waals surface area contributed by atoms with Crippen molar-refractivity contribution in [2.24, 2.45) is 5.92 Å². The minimum absolute atomic E-state index is 0.00816. The zero-order chi connectivity index (χ0) is 17.9. The number of hydroxylamine groups is 1. The second kappa shape index (κ2) is 7.44. The molecule has 0 aliphatic carbocycles. The number of halogens is 1. The molecule has 1 heterocycles. The molecule has 2 atom stereocenters. The zero-order valence-electron chi connectivity index (χ0n) is 13.2. The smallest absolute Gasteiger partial charge is 0.244 e. The molecule has 2 N–H and O–H groups in total. The molecule has 6 heteroatoms. The van der Waals surface area contributed by atoms with Crippen LogP contribution in [-0.2, 0) is 9.54 Å². The van der Waals surface area contributed by atoms with Gasteiger partial charge in [0.15, 0.2) is 5.78 Å². The van der Waals surface area contributed by atoms with Crippen LogP contribution in [0.4, 0.5) is 0 Å². The quantitative estimate of drug-likeness (QED) is 0.468. The molecule has 1 amide bonds. The fourth-order valence-electron chi connectivity index (χ4n) is 3.06. The van der Waals surface area contributed by atoms with E-state index < -0.39 is 10.7 Å². The van der Waals surface area contributed by atoms with Gasteiger partial charge < -0.3 is 0 Å². The number of rotatable bonds is 5. The van der Waals surface area contributed by atoms with E-state index >= 15 is 0 Å². The number of ketones is 1. The van der Waals surface area contributed by atoms with Gasteiger partial charge in [-0.05, 0) is 35.2 Å². The van der Waals surface area contributed by atoms with E-state index in [-0.39, 0.29) is 18.1 Å². The maximum absolute atomic E-state index is 13.5. The average molecular weight is 374 g/mol. The van der Waals surface area contributed by atoms with Crippen LogP contribution < -0.4 is 5.48 Å². The van der Waals surface area contributed by atoms with Crippen LogP contribution in [-0.4, -0.2) is 16.9 Å². The molecular weight excluding hydrogens is 358 g/mol. The van der Waals surface area contributed by atoms with Gasteiger partial charge in [-0.25, -0.2) is 5.48 Å². The number of hydrogen-bond donors (Lipinski definition) is 2. The Morgan fingerprint density at radius 2 is 1.80 bits per heavy atom. The molecule has 4 nitrogen and oxygen atoms in total. The van der Waals surface area contributed by atoms with Gasteiger partial charge in [-0.3, -0.25) is 14.8 Å². The predicted molar refractivity (Wildman–Crippen MR) is 98.7 cm³/mol. The number of carbonyl (C=O) groups is 2. The molecule has 0 bridgehead atoms. The molecule has 0 aromatic heterocycles. The molecule has 2 aromatic carbocycles. The highest BCUT2D eigenvalue weighted by molar-refractivity contribution is 8.04. The second-order valence-corrected chi connectivity index (χ2v) is 7.32. The molecule has 2 aromatic rings. The molecule has 1 aliphatic rings. The third kappa shape index (κ3) is 3.35. The first-order valence-corrected chi connectivity index (χ1v) is 8.97. The van der Waals surface area contributed by atoms with Gasteiger partial charge in [0, 0.05) is 22.9 Å². The van der Waals surface area contributed by atoms with Crippen LogP contribution in [0.3, 0.4) is 0 Å². The van der Waals surface area contributed by atoms with E-state index in [0.29, 0.717) is 10.6 Å². The molecular formula is C19H16ClNO3S. The van der Waals surface area contributed by atoms with Crippen LogP contribution in [0.1, 0.15) is 22.3 Å². The van der Waals surface area contributed by atoms with Crippen LogP contribution in [0.25, 0.3) is 0 Å². The molecule has 0 spiro atoms. The van der Waals surface area contributed by atoms with Crippen molar-refractivity contribution in [2.75, 3.05) is 0 Å². The van der Waals surface area contributed by atoms with Crippen molar-refractivity contribution in [1.29, 1.82) is 0 Å². The lowest BCUT2D eigenvalue weighted by molar-refractivity contribution is -0.129. The number of carbonyl (C=O) groups excluding carboxylic acids is 2. The number of thioether (sulfide) groups is 1. The molecule has 0 fully saturated rings. The van der Waals surface area contributed by atoms with Crippen LogP contribution in [0.2, 0.25) is 5.02 Å². The van der Waals surface area contributed by atoms with E-state index in [0.717, 1.165) is 5.56 Å². The first-order valence-electron chi connectivity index (χ1n) is 7.71. The monoisotopic (exact) mass is 373 g/mol. The Balaban J connectivity index is 2.08. The van der Waals surface area contributed by atoms with Crippen LogP contribution in [0.5, 0.6) is 0 Å². The zero-order valence-corrected chi connectivity index (χ0v) is 14.8. The van der Waals surface area contributed by atoms with Crippen molar-refractivity contribution in [3.63, 3.8) is 0 Å². The summed E-state index contributed by atoms with van der Waals surface area (Å²) in [4.78, 5) is 25.2. The Bertz CT molecular complexity index is 807. The third-order valence-corrected chi connectivity index (χ3v) is 5.90. The maximum atomic E-state index is 13.5. The molecule has 2 unspecified atom stereocenters. The van der Waals surface area contributed by atoms with Crippen LogP contribution >= 0.6 is 23.4 Å². The summed E-state index contributed by atoms with van der Waals surface area (Å²) in [6, 6.07) is 16.1. The van der Waals surface area contributed by atoms with Gasteiger partial charge >= 0.3 is 0 Å². The molecule has 1 aliphatic heterocycles. The predicted octanol–water partition coefficient (Wildman–Crippen LogP) is 4.19. The average Bonchev–Trinajstić information content (AvgIpc) is 3.06. The van der Waals surface area contributed by atoms with Crippen molar-refractivity contribution in [2.45, 2.75) is 11.2 Å².